The van der Waals surface area contributed by atoms with Crippen LogP contribution in [0.25, 0.3) is 0 Å². The van der Waals surface area contributed by atoms with Crippen molar-refractivity contribution in [2.24, 2.45) is 45.6 Å². The van der Waals surface area contributed by atoms with Crippen molar-refractivity contribution in [3.8, 4) is 0 Å². The number of nitroso groups, excluding NO2 is 1. The SMILES string of the molecule is C[C@]12CCC(=O)CC1[C@@H](CN=O)C[C@@H]1[C@@H]2CC[C@]2(C)C(=O)CC[C@@H]12. The molecule has 1 unspecified atom stereocenters. The fourth-order valence-electron chi connectivity index (χ4n) is 7.36. The Balaban J connectivity index is 1.71. The van der Waals surface area contributed by atoms with E-state index in [0.29, 0.717) is 54.6 Å². The van der Waals surface area contributed by atoms with Crippen LogP contribution >= 0.6 is 0 Å². The fraction of sp³-hybridized carbons (Fsp3) is 0.900. The van der Waals surface area contributed by atoms with E-state index in [9.17, 15) is 14.5 Å². The van der Waals surface area contributed by atoms with Crippen molar-refractivity contribution in [2.75, 3.05) is 6.54 Å². The summed E-state index contributed by atoms with van der Waals surface area (Å²) < 4.78 is 0. The number of hydrogen-bond acceptors (Lipinski definition) is 4. The summed E-state index contributed by atoms with van der Waals surface area (Å²) in [5, 5.41) is 3.23. The number of fused-ring (bicyclic) bond motifs is 5. The molecule has 4 aliphatic rings. The van der Waals surface area contributed by atoms with Crippen molar-refractivity contribution >= 4 is 11.6 Å². The lowest BCUT2D eigenvalue weighted by molar-refractivity contribution is -0.152. The molecule has 7 atom stereocenters. The first-order valence-corrected chi connectivity index (χ1v) is 9.74. The van der Waals surface area contributed by atoms with E-state index in [1.807, 2.05) is 0 Å². The summed E-state index contributed by atoms with van der Waals surface area (Å²) in [6.07, 6.45) is 7.19. The largest absolute Gasteiger partial charge is 0.300 e. The lowest BCUT2D eigenvalue weighted by Gasteiger charge is -2.61. The minimum Gasteiger partial charge on any atom is -0.300 e. The number of ketones is 2. The number of carbonyl (C=O) groups excluding carboxylic acids is 2. The Bertz CT molecular complexity index is 587. The molecule has 0 aliphatic heterocycles. The summed E-state index contributed by atoms with van der Waals surface area (Å²) in [7, 11) is 0. The van der Waals surface area contributed by atoms with Gasteiger partial charge < -0.3 is 0 Å². The lowest BCUT2D eigenvalue weighted by Crippen LogP contribution is -2.56. The van der Waals surface area contributed by atoms with Crippen molar-refractivity contribution in [1.29, 1.82) is 0 Å². The zero-order valence-corrected chi connectivity index (χ0v) is 14.9. The average Bonchev–Trinajstić information content (AvgIpc) is 2.85. The molecule has 0 radical (unpaired) electrons. The molecule has 24 heavy (non-hydrogen) atoms. The first-order valence-electron chi connectivity index (χ1n) is 9.74. The van der Waals surface area contributed by atoms with Crippen LogP contribution in [-0.4, -0.2) is 18.1 Å². The first kappa shape index (κ1) is 16.4. The van der Waals surface area contributed by atoms with Crippen LogP contribution in [0.5, 0.6) is 0 Å². The quantitative estimate of drug-likeness (QED) is 0.714. The van der Waals surface area contributed by atoms with Crippen molar-refractivity contribution in [1.82, 2.24) is 0 Å². The van der Waals surface area contributed by atoms with Crippen LogP contribution in [0.3, 0.4) is 0 Å². The molecule has 0 aromatic heterocycles. The molecule has 4 saturated carbocycles. The van der Waals surface area contributed by atoms with Crippen LogP contribution in [-0.2, 0) is 9.59 Å². The van der Waals surface area contributed by atoms with Gasteiger partial charge in [-0.1, -0.05) is 19.0 Å². The molecule has 0 saturated heterocycles. The third-order valence-electron chi connectivity index (χ3n) is 8.68. The topological polar surface area (TPSA) is 63.6 Å². The molecule has 0 bridgehead atoms. The van der Waals surface area contributed by atoms with Gasteiger partial charge in [0.15, 0.2) is 0 Å². The van der Waals surface area contributed by atoms with E-state index in [1.165, 1.54) is 0 Å². The maximum absolute atomic E-state index is 12.5. The molecule has 132 valence electrons. The van der Waals surface area contributed by atoms with E-state index in [2.05, 4.69) is 19.0 Å². The van der Waals surface area contributed by atoms with Gasteiger partial charge in [0.1, 0.15) is 11.6 Å². The van der Waals surface area contributed by atoms with Gasteiger partial charge in [-0.15, -0.1) is 0 Å². The summed E-state index contributed by atoms with van der Waals surface area (Å²) >= 11 is 0. The zero-order valence-electron chi connectivity index (χ0n) is 14.9. The first-order chi connectivity index (χ1) is 11.4. The van der Waals surface area contributed by atoms with Crippen LogP contribution in [0.15, 0.2) is 5.18 Å². The average molecular weight is 331 g/mol. The molecule has 0 aromatic rings. The number of rotatable bonds is 2. The Labute approximate surface area is 144 Å². The molecule has 4 nitrogen and oxygen atoms in total. The van der Waals surface area contributed by atoms with Gasteiger partial charge >= 0.3 is 0 Å². The van der Waals surface area contributed by atoms with Crippen molar-refractivity contribution < 1.29 is 9.59 Å². The minimum absolute atomic E-state index is 0.131. The molecular formula is C20H29NO3. The maximum atomic E-state index is 12.5. The highest BCUT2D eigenvalue weighted by atomic mass is 16.3. The molecule has 4 heteroatoms. The van der Waals surface area contributed by atoms with Gasteiger partial charge in [-0.05, 0) is 67.1 Å². The van der Waals surface area contributed by atoms with Crippen LogP contribution in [0, 0.1) is 45.3 Å². The third-order valence-corrected chi connectivity index (χ3v) is 8.68. The molecule has 0 spiro atoms. The van der Waals surface area contributed by atoms with Gasteiger partial charge in [0.05, 0.1) is 6.54 Å². The molecule has 0 amide bonds. The second-order valence-electron chi connectivity index (χ2n) is 9.46. The zero-order chi connectivity index (χ0) is 17.1. The highest BCUT2D eigenvalue weighted by molar-refractivity contribution is 5.87. The summed E-state index contributed by atoms with van der Waals surface area (Å²) in [6.45, 7) is 4.90. The lowest BCUT2D eigenvalue weighted by atomic mass is 9.43. The fourth-order valence-corrected chi connectivity index (χ4v) is 7.36. The molecule has 4 fully saturated rings. The monoisotopic (exact) mass is 331 g/mol. The van der Waals surface area contributed by atoms with Gasteiger partial charge in [0, 0.05) is 24.7 Å². The summed E-state index contributed by atoms with van der Waals surface area (Å²) in [6, 6.07) is 0. The molecule has 0 aromatic carbocycles. The van der Waals surface area contributed by atoms with Crippen LogP contribution in [0.4, 0.5) is 0 Å². The van der Waals surface area contributed by atoms with E-state index in [1.54, 1.807) is 0 Å². The molecule has 4 aliphatic carbocycles. The van der Waals surface area contributed by atoms with Crippen LogP contribution in [0.2, 0.25) is 0 Å². The third kappa shape index (κ3) is 2.10. The maximum Gasteiger partial charge on any atom is 0.139 e. The Kier molecular flexibility index (Phi) is 3.74. The highest BCUT2D eigenvalue weighted by Gasteiger charge is 2.62. The standard InChI is InChI=1S/C20H29NO3/c1-19-7-5-13(22)10-17(19)12(11-21-24)9-14-15-3-4-18(23)20(15,2)8-6-16(14)19/h12,14-17H,3-11H2,1-2H3/t12-,14+,15+,16+,17?,19-,20+/m1/s1. The van der Waals surface area contributed by atoms with E-state index < -0.39 is 0 Å². The summed E-state index contributed by atoms with van der Waals surface area (Å²) in [4.78, 5) is 35.6. The van der Waals surface area contributed by atoms with Crippen molar-refractivity contribution in [3.05, 3.63) is 4.91 Å². The van der Waals surface area contributed by atoms with Crippen LogP contribution < -0.4 is 0 Å². The Hall–Kier alpha value is -1.06. The number of hydrogen-bond donors (Lipinski definition) is 0. The van der Waals surface area contributed by atoms with Gasteiger partial charge in [0.2, 0.25) is 0 Å². The van der Waals surface area contributed by atoms with E-state index in [0.717, 1.165) is 38.5 Å². The van der Waals surface area contributed by atoms with E-state index in [4.69, 9.17) is 0 Å². The molecule has 4 rings (SSSR count). The highest BCUT2D eigenvalue weighted by Crippen LogP contribution is 2.66. The predicted molar refractivity (Wildman–Crippen MR) is 91.3 cm³/mol. The number of carbonyl (C=O) groups is 2. The number of nitrogens with zero attached hydrogens (tertiary/aromatic N) is 1. The Morgan fingerprint density at radius 2 is 1.83 bits per heavy atom. The predicted octanol–water partition coefficient (Wildman–Crippen LogP) is 4.16. The summed E-state index contributed by atoms with van der Waals surface area (Å²) in [5.74, 6) is 3.01. The Morgan fingerprint density at radius 3 is 2.58 bits per heavy atom. The summed E-state index contributed by atoms with van der Waals surface area (Å²) in [5.41, 5.74) is 0.0210. The number of Topliss-reactive ketones (excluding diaryl/α,β-unsaturated/α-hetero) is 2. The normalized spacial score (nSPS) is 50.8. The van der Waals surface area contributed by atoms with Crippen molar-refractivity contribution in [3.63, 3.8) is 0 Å². The van der Waals surface area contributed by atoms with Crippen molar-refractivity contribution in [2.45, 2.75) is 65.2 Å². The molecule has 0 heterocycles. The van der Waals surface area contributed by atoms with Gasteiger partial charge in [-0.25, -0.2) is 0 Å². The van der Waals surface area contributed by atoms with E-state index >= 15 is 0 Å². The van der Waals surface area contributed by atoms with Crippen LogP contribution in [0.1, 0.15) is 65.2 Å². The van der Waals surface area contributed by atoms with Gasteiger partial charge in [-0.3, -0.25) is 9.59 Å². The second kappa shape index (κ2) is 5.47. The minimum atomic E-state index is -0.131. The smallest absolute Gasteiger partial charge is 0.139 e. The Morgan fingerprint density at radius 1 is 1.04 bits per heavy atom. The van der Waals surface area contributed by atoms with Gasteiger partial charge in [0.25, 0.3) is 0 Å². The molecular weight excluding hydrogens is 302 g/mol. The van der Waals surface area contributed by atoms with E-state index in [-0.39, 0.29) is 16.7 Å². The van der Waals surface area contributed by atoms with Gasteiger partial charge in [-0.2, -0.15) is 4.91 Å². The molecule has 0 N–H and O–H groups in total. The second-order valence-corrected chi connectivity index (χ2v) is 9.46.